The van der Waals surface area contributed by atoms with Crippen molar-refractivity contribution in [3.8, 4) is 6.07 Å². The van der Waals surface area contributed by atoms with E-state index in [2.05, 4.69) is 5.32 Å². The zero-order valence-electron chi connectivity index (χ0n) is 15.3. The van der Waals surface area contributed by atoms with Crippen LogP contribution in [0, 0.1) is 18.3 Å². The number of hydrogen-bond acceptors (Lipinski definition) is 5. The lowest BCUT2D eigenvalue weighted by molar-refractivity contribution is -0.120. The van der Waals surface area contributed by atoms with E-state index in [1.165, 1.54) is 11.3 Å². The summed E-state index contributed by atoms with van der Waals surface area (Å²) in [7, 11) is 0. The van der Waals surface area contributed by atoms with Gasteiger partial charge < -0.3 is 5.32 Å². The first-order valence-electron chi connectivity index (χ1n) is 8.70. The lowest BCUT2D eigenvalue weighted by atomic mass is 10.1. The maximum Gasteiger partial charge on any atom is 0.282 e. The molecule has 0 bridgehead atoms. The van der Waals surface area contributed by atoms with Crippen molar-refractivity contribution >= 4 is 51.7 Å². The smallest absolute Gasteiger partial charge is 0.282 e. The molecule has 0 unspecified atom stereocenters. The Bertz CT molecular complexity index is 1190. The van der Waals surface area contributed by atoms with Crippen LogP contribution in [0.4, 0.5) is 11.4 Å². The molecular formula is C22H14ClN3O2S. The Balaban J connectivity index is 1.79. The Labute approximate surface area is 176 Å². The monoisotopic (exact) mass is 419 g/mol. The number of halogens is 1. The molecule has 4 rings (SSSR count). The number of nitrogens with one attached hydrogen (secondary N) is 1. The van der Waals surface area contributed by atoms with Gasteiger partial charge in [-0.1, -0.05) is 17.7 Å². The van der Waals surface area contributed by atoms with Gasteiger partial charge in [0.1, 0.15) is 5.70 Å². The molecule has 2 amide bonds. The molecule has 142 valence electrons. The molecule has 0 spiro atoms. The second-order valence-corrected chi connectivity index (χ2v) is 7.80. The van der Waals surface area contributed by atoms with E-state index < -0.39 is 11.8 Å². The van der Waals surface area contributed by atoms with E-state index in [0.29, 0.717) is 32.4 Å². The number of amides is 2. The zero-order chi connectivity index (χ0) is 20.5. The first-order valence-corrected chi connectivity index (χ1v) is 9.95. The van der Waals surface area contributed by atoms with Crippen molar-refractivity contribution in [3.63, 3.8) is 0 Å². The quantitative estimate of drug-likeness (QED) is 0.605. The highest BCUT2D eigenvalue weighted by atomic mass is 35.5. The lowest BCUT2D eigenvalue weighted by Crippen LogP contribution is -2.32. The number of anilines is 2. The average molecular weight is 420 g/mol. The van der Waals surface area contributed by atoms with Crippen molar-refractivity contribution in [2.24, 2.45) is 0 Å². The van der Waals surface area contributed by atoms with Crippen LogP contribution < -0.4 is 10.2 Å². The molecular weight excluding hydrogens is 406 g/mol. The van der Waals surface area contributed by atoms with Gasteiger partial charge in [-0.2, -0.15) is 5.26 Å². The van der Waals surface area contributed by atoms with Gasteiger partial charge in [0.25, 0.3) is 11.8 Å². The summed E-state index contributed by atoms with van der Waals surface area (Å²) in [6, 6.07) is 17.3. The second kappa shape index (κ2) is 7.55. The van der Waals surface area contributed by atoms with Crippen LogP contribution in [0.3, 0.4) is 0 Å². The van der Waals surface area contributed by atoms with Crippen molar-refractivity contribution in [2.75, 3.05) is 10.2 Å². The SMILES string of the molecule is Cc1cc(Cl)ccc1NC1=C(c2cccs2)C(=O)N(c2ccc(C#N)cc2)C1=O. The molecule has 0 aliphatic carbocycles. The largest absolute Gasteiger partial charge is 0.350 e. The van der Waals surface area contributed by atoms with E-state index in [1.54, 1.807) is 42.5 Å². The Morgan fingerprint density at radius 1 is 1.07 bits per heavy atom. The minimum atomic E-state index is -0.447. The molecule has 0 radical (unpaired) electrons. The van der Waals surface area contributed by atoms with Crippen LogP contribution >= 0.6 is 22.9 Å². The summed E-state index contributed by atoms with van der Waals surface area (Å²) in [6.45, 7) is 1.87. The Kier molecular flexibility index (Phi) is 4.93. The Hall–Kier alpha value is -3.40. The molecule has 29 heavy (non-hydrogen) atoms. The van der Waals surface area contributed by atoms with Crippen LogP contribution in [0.5, 0.6) is 0 Å². The fourth-order valence-corrected chi connectivity index (χ4v) is 4.11. The third-order valence-corrected chi connectivity index (χ3v) is 5.68. The highest BCUT2D eigenvalue weighted by Crippen LogP contribution is 2.36. The maximum atomic E-state index is 13.3. The molecule has 0 fully saturated rings. The molecule has 0 saturated heterocycles. The van der Waals surface area contributed by atoms with Crippen molar-refractivity contribution < 1.29 is 9.59 Å². The molecule has 0 saturated carbocycles. The summed E-state index contributed by atoms with van der Waals surface area (Å²) in [5.74, 6) is -0.853. The van der Waals surface area contributed by atoms with Crippen molar-refractivity contribution in [2.45, 2.75) is 6.92 Å². The molecule has 0 atom stereocenters. The standard InChI is InChI=1S/C22H14ClN3O2S/c1-13-11-15(23)6-9-17(13)25-20-19(18-3-2-10-29-18)21(27)26(22(20)28)16-7-4-14(12-24)5-8-16/h2-11,25H,1H3. The second-order valence-electron chi connectivity index (χ2n) is 6.42. The van der Waals surface area contributed by atoms with E-state index >= 15 is 0 Å². The van der Waals surface area contributed by atoms with Gasteiger partial charge in [0, 0.05) is 15.6 Å². The van der Waals surface area contributed by atoms with Gasteiger partial charge in [-0.15, -0.1) is 11.3 Å². The molecule has 7 heteroatoms. The number of carbonyl (C=O) groups excluding carboxylic acids is 2. The van der Waals surface area contributed by atoms with Crippen LogP contribution in [-0.2, 0) is 9.59 Å². The molecule has 1 aliphatic heterocycles. The van der Waals surface area contributed by atoms with Crippen LogP contribution in [0.25, 0.3) is 5.57 Å². The van der Waals surface area contributed by atoms with E-state index in [1.807, 2.05) is 30.5 Å². The van der Waals surface area contributed by atoms with E-state index in [4.69, 9.17) is 16.9 Å². The number of carbonyl (C=O) groups is 2. The third kappa shape index (κ3) is 3.42. The lowest BCUT2D eigenvalue weighted by Gasteiger charge is -2.15. The number of thiophene rings is 1. The number of hydrogen-bond donors (Lipinski definition) is 1. The molecule has 3 aromatic rings. The third-order valence-electron chi connectivity index (χ3n) is 4.55. The fourth-order valence-electron chi connectivity index (χ4n) is 3.12. The van der Waals surface area contributed by atoms with E-state index in [-0.39, 0.29) is 5.70 Å². The van der Waals surface area contributed by atoms with Gasteiger partial charge in [0.05, 0.1) is 22.9 Å². The van der Waals surface area contributed by atoms with Crippen LogP contribution in [-0.4, -0.2) is 11.8 Å². The number of nitrogens with zero attached hydrogens (tertiary/aromatic N) is 2. The topological polar surface area (TPSA) is 73.2 Å². The summed E-state index contributed by atoms with van der Waals surface area (Å²) >= 11 is 7.42. The first-order chi connectivity index (χ1) is 14.0. The van der Waals surface area contributed by atoms with Gasteiger partial charge in [0.15, 0.2) is 0 Å². The van der Waals surface area contributed by atoms with E-state index in [0.717, 1.165) is 10.5 Å². The Morgan fingerprint density at radius 3 is 2.45 bits per heavy atom. The fraction of sp³-hybridized carbons (Fsp3) is 0.0455. The number of aryl methyl sites for hydroxylation is 1. The normalized spacial score (nSPS) is 13.8. The molecule has 2 heterocycles. The molecule has 5 nitrogen and oxygen atoms in total. The van der Waals surface area contributed by atoms with E-state index in [9.17, 15) is 9.59 Å². The van der Waals surface area contributed by atoms with Gasteiger partial charge in [-0.05, 0) is 66.4 Å². The Morgan fingerprint density at radius 2 is 1.83 bits per heavy atom. The summed E-state index contributed by atoms with van der Waals surface area (Å²) in [4.78, 5) is 28.3. The average Bonchev–Trinajstić information content (AvgIpc) is 3.31. The molecule has 2 aromatic carbocycles. The van der Waals surface area contributed by atoms with Gasteiger partial charge in [-0.25, -0.2) is 4.90 Å². The van der Waals surface area contributed by atoms with Crippen molar-refractivity contribution in [1.82, 2.24) is 0 Å². The molecule has 1 aliphatic rings. The van der Waals surface area contributed by atoms with Crippen LogP contribution in [0.1, 0.15) is 16.0 Å². The van der Waals surface area contributed by atoms with Crippen molar-refractivity contribution in [1.29, 1.82) is 5.26 Å². The summed E-state index contributed by atoms with van der Waals surface area (Å²) in [6.07, 6.45) is 0. The number of rotatable bonds is 4. The summed E-state index contributed by atoms with van der Waals surface area (Å²) in [5.41, 5.74) is 2.96. The molecule has 1 aromatic heterocycles. The highest BCUT2D eigenvalue weighted by molar-refractivity contribution is 7.11. The highest BCUT2D eigenvalue weighted by Gasteiger charge is 2.40. The summed E-state index contributed by atoms with van der Waals surface area (Å²) in [5, 5.41) is 14.6. The maximum absolute atomic E-state index is 13.3. The minimum Gasteiger partial charge on any atom is -0.350 e. The number of benzene rings is 2. The zero-order valence-corrected chi connectivity index (χ0v) is 16.8. The summed E-state index contributed by atoms with van der Waals surface area (Å²) < 4.78 is 0. The number of imide groups is 1. The first kappa shape index (κ1) is 18.9. The van der Waals surface area contributed by atoms with Gasteiger partial charge in [0.2, 0.25) is 0 Å². The van der Waals surface area contributed by atoms with Crippen molar-refractivity contribution in [3.05, 3.63) is 86.7 Å². The minimum absolute atomic E-state index is 0.215. The predicted octanol–water partition coefficient (Wildman–Crippen LogP) is 4.98. The van der Waals surface area contributed by atoms with Crippen LogP contribution in [0.2, 0.25) is 5.02 Å². The predicted molar refractivity (Wildman–Crippen MR) is 115 cm³/mol. The van der Waals surface area contributed by atoms with Gasteiger partial charge >= 0.3 is 0 Å². The molecule has 1 N–H and O–H groups in total. The van der Waals surface area contributed by atoms with Crippen LogP contribution in [0.15, 0.2) is 65.7 Å². The number of nitriles is 1. The van der Waals surface area contributed by atoms with Gasteiger partial charge in [-0.3, -0.25) is 9.59 Å².